The Bertz CT molecular complexity index is 534. The summed E-state index contributed by atoms with van der Waals surface area (Å²) < 4.78 is 1.20. The number of rotatable bonds is 2. The van der Waals surface area contributed by atoms with Crippen molar-refractivity contribution in [2.24, 2.45) is 0 Å². The first-order valence-corrected chi connectivity index (χ1v) is 6.93. The highest BCUT2D eigenvalue weighted by molar-refractivity contribution is 7.22. The van der Waals surface area contributed by atoms with E-state index in [-0.39, 0.29) is 0 Å². The van der Waals surface area contributed by atoms with Crippen LogP contribution in [0, 0.1) is 0 Å². The number of nitrogens with zero attached hydrogens (tertiary/aromatic N) is 2. The van der Waals surface area contributed by atoms with Gasteiger partial charge in [0.2, 0.25) is 0 Å². The van der Waals surface area contributed by atoms with Crippen LogP contribution in [0.4, 0.5) is 5.13 Å². The van der Waals surface area contributed by atoms with Crippen LogP contribution in [0.3, 0.4) is 0 Å². The number of nitrogens with two attached hydrogens (primary N) is 1. The Labute approximate surface area is 105 Å². The van der Waals surface area contributed by atoms with Crippen LogP contribution in [0.2, 0.25) is 0 Å². The molecular formula is C13H17N3S. The van der Waals surface area contributed by atoms with E-state index in [9.17, 15) is 0 Å². The van der Waals surface area contributed by atoms with E-state index >= 15 is 0 Å². The van der Waals surface area contributed by atoms with Gasteiger partial charge in [-0.05, 0) is 44.0 Å². The van der Waals surface area contributed by atoms with Gasteiger partial charge in [0.05, 0.1) is 10.2 Å². The second kappa shape index (κ2) is 4.27. The van der Waals surface area contributed by atoms with Crippen LogP contribution >= 0.6 is 11.3 Å². The topological polar surface area (TPSA) is 42.2 Å². The van der Waals surface area contributed by atoms with E-state index in [4.69, 9.17) is 5.73 Å². The van der Waals surface area contributed by atoms with E-state index in [0.29, 0.717) is 5.13 Å². The first-order valence-electron chi connectivity index (χ1n) is 6.11. The SMILES string of the molecule is CC1CCCN1Cc1ccc2nc(N)sc2c1. The molecule has 90 valence electrons. The van der Waals surface area contributed by atoms with Crippen LogP contribution in [0.15, 0.2) is 18.2 Å². The van der Waals surface area contributed by atoms with Gasteiger partial charge in [-0.3, -0.25) is 4.90 Å². The fourth-order valence-electron chi connectivity index (χ4n) is 2.55. The number of hydrogen-bond acceptors (Lipinski definition) is 4. The van der Waals surface area contributed by atoms with Crippen LogP contribution in [0.1, 0.15) is 25.3 Å². The number of likely N-dealkylation sites (tertiary alicyclic amines) is 1. The summed E-state index contributed by atoms with van der Waals surface area (Å²) in [6.45, 7) is 4.59. The molecule has 1 saturated heterocycles. The first kappa shape index (κ1) is 11.0. The third kappa shape index (κ3) is 2.15. The van der Waals surface area contributed by atoms with E-state index in [2.05, 4.69) is 35.0 Å². The van der Waals surface area contributed by atoms with Gasteiger partial charge < -0.3 is 5.73 Å². The van der Waals surface area contributed by atoms with Crippen LogP contribution < -0.4 is 5.73 Å². The average molecular weight is 247 g/mol. The Morgan fingerprint density at radius 1 is 1.53 bits per heavy atom. The van der Waals surface area contributed by atoms with Crippen molar-refractivity contribution in [1.82, 2.24) is 9.88 Å². The summed E-state index contributed by atoms with van der Waals surface area (Å²) in [5, 5.41) is 0.659. The van der Waals surface area contributed by atoms with Crippen molar-refractivity contribution in [3.8, 4) is 0 Å². The quantitative estimate of drug-likeness (QED) is 0.887. The lowest BCUT2D eigenvalue weighted by molar-refractivity contribution is 0.260. The van der Waals surface area contributed by atoms with Gasteiger partial charge in [-0.1, -0.05) is 17.4 Å². The Hall–Kier alpha value is -1.13. The molecule has 3 rings (SSSR count). The van der Waals surface area contributed by atoms with Crippen LogP contribution in [-0.4, -0.2) is 22.5 Å². The molecule has 1 aromatic carbocycles. The van der Waals surface area contributed by atoms with Gasteiger partial charge >= 0.3 is 0 Å². The zero-order chi connectivity index (χ0) is 11.8. The molecule has 0 saturated carbocycles. The second-order valence-corrected chi connectivity index (χ2v) is 5.88. The van der Waals surface area contributed by atoms with Gasteiger partial charge in [-0.15, -0.1) is 0 Å². The summed E-state index contributed by atoms with van der Waals surface area (Å²) in [5.41, 5.74) is 8.11. The molecule has 0 amide bonds. The van der Waals surface area contributed by atoms with Crippen LogP contribution in [0.5, 0.6) is 0 Å². The standard InChI is InChI=1S/C13H17N3S/c1-9-3-2-6-16(9)8-10-4-5-11-12(7-10)17-13(14)15-11/h4-5,7,9H,2-3,6,8H2,1H3,(H2,14,15). The maximum absolute atomic E-state index is 5.72. The van der Waals surface area contributed by atoms with Crippen molar-refractivity contribution in [2.45, 2.75) is 32.4 Å². The zero-order valence-electron chi connectivity index (χ0n) is 10.0. The number of nitrogen functional groups attached to an aromatic ring is 1. The summed E-state index contributed by atoms with van der Waals surface area (Å²) in [4.78, 5) is 6.83. The highest BCUT2D eigenvalue weighted by Crippen LogP contribution is 2.26. The number of aromatic nitrogens is 1. The Morgan fingerprint density at radius 3 is 3.18 bits per heavy atom. The lowest BCUT2D eigenvalue weighted by Gasteiger charge is -2.20. The van der Waals surface area contributed by atoms with Crippen molar-refractivity contribution >= 4 is 26.7 Å². The summed E-state index contributed by atoms with van der Waals surface area (Å²) in [6, 6.07) is 7.20. The number of fused-ring (bicyclic) bond motifs is 1. The van der Waals surface area contributed by atoms with Gasteiger partial charge in [0, 0.05) is 12.6 Å². The highest BCUT2D eigenvalue weighted by Gasteiger charge is 2.20. The average Bonchev–Trinajstić information content (AvgIpc) is 2.84. The molecule has 0 aliphatic carbocycles. The van der Waals surface area contributed by atoms with Crippen molar-refractivity contribution in [3.63, 3.8) is 0 Å². The Morgan fingerprint density at radius 2 is 2.41 bits per heavy atom. The second-order valence-electron chi connectivity index (χ2n) is 4.82. The van der Waals surface area contributed by atoms with Gasteiger partial charge in [-0.25, -0.2) is 4.98 Å². The Kier molecular flexibility index (Phi) is 2.76. The summed E-state index contributed by atoms with van der Waals surface area (Å²) in [5.74, 6) is 0. The summed E-state index contributed by atoms with van der Waals surface area (Å²) in [6.07, 6.45) is 2.66. The molecule has 1 aliphatic heterocycles. The first-order chi connectivity index (χ1) is 8.22. The minimum atomic E-state index is 0.659. The molecule has 2 N–H and O–H groups in total. The molecule has 1 atom stereocenters. The maximum Gasteiger partial charge on any atom is 0.181 e. The molecule has 2 aromatic rings. The highest BCUT2D eigenvalue weighted by atomic mass is 32.1. The number of hydrogen-bond donors (Lipinski definition) is 1. The summed E-state index contributed by atoms with van der Waals surface area (Å²) >= 11 is 1.57. The lowest BCUT2D eigenvalue weighted by atomic mass is 10.2. The molecule has 17 heavy (non-hydrogen) atoms. The number of benzene rings is 1. The molecular weight excluding hydrogens is 230 g/mol. The van der Waals surface area contributed by atoms with Gasteiger partial charge in [0.25, 0.3) is 0 Å². The third-order valence-electron chi connectivity index (χ3n) is 3.55. The van der Waals surface area contributed by atoms with Crippen LogP contribution in [-0.2, 0) is 6.54 Å². The largest absolute Gasteiger partial charge is 0.375 e. The molecule has 4 heteroatoms. The molecule has 1 fully saturated rings. The molecule has 1 aromatic heterocycles. The summed E-state index contributed by atoms with van der Waals surface area (Å²) in [7, 11) is 0. The molecule has 0 bridgehead atoms. The maximum atomic E-state index is 5.72. The molecule has 1 unspecified atom stereocenters. The number of anilines is 1. The third-order valence-corrected chi connectivity index (χ3v) is 4.39. The van der Waals surface area contributed by atoms with Crippen LogP contribution in [0.25, 0.3) is 10.2 Å². The fraction of sp³-hybridized carbons (Fsp3) is 0.462. The van der Waals surface area contributed by atoms with Crippen molar-refractivity contribution < 1.29 is 0 Å². The van der Waals surface area contributed by atoms with E-state index in [1.54, 1.807) is 11.3 Å². The minimum absolute atomic E-state index is 0.659. The normalized spacial score (nSPS) is 21.4. The minimum Gasteiger partial charge on any atom is -0.375 e. The van der Waals surface area contributed by atoms with Crippen molar-refractivity contribution in [3.05, 3.63) is 23.8 Å². The number of thiazole rings is 1. The molecule has 2 heterocycles. The Balaban J connectivity index is 1.85. The van der Waals surface area contributed by atoms with E-state index in [1.165, 1.54) is 29.6 Å². The van der Waals surface area contributed by atoms with E-state index in [0.717, 1.165) is 18.1 Å². The molecule has 0 spiro atoms. The fourth-order valence-corrected chi connectivity index (χ4v) is 3.35. The van der Waals surface area contributed by atoms with Gasteiger partial charge in [0.15, 0.2) is 5.13 Å². The molecule has 1 aliphatic rings. The van der Waals surface area contributed by atoms with E-state index in [1.807, 2.05) is 0 Å². The van der Waals surface area contributed by atoms with Crippen molar-refractivity contribution in [2.75, 3.05) is 12.3 Å². The lowest BCUT2D eigenvalue weighted by Crippen LogP contribution is -2.26. The van der Waals surface area contributed by atoms with Gasteiger partial charge in [-0.2, -0.15) is 0 Å². The van der Waals surface area contributed by atoms with Crippen molar-refractivity contribution in [1.29, 1.82) is 0 Å². The monoisotopic (exact) mass is 247 g/mol. The van der Waals surface area contributed by atoms with E-state index < -0.39 is 0 Å². The zero-order valence-corrected chi connectivity index (χ0v) is 10.8. The predicted octanol–water partition coefficient (Wildman–Crippen LogP) is 2.86. The smallest absolute Gasteiger partial charge is 0.181 e. The molecule has 3 nitrogen and oxygen atoms in total. The molecule has 0 radical (unpaired) electrons. The predicted molar refractivity (Wildman–Crippen MR) is 73.1 cm³/mol. The van der Waals surface area contributed by atoms with Gasteiger partial charge in [0.1, 0.15) is 0 Å².